The summed E-state index contributed by atoms with van der Waals surface area (Å²) >= 11 is 1.40. The standard InChI is InChI=1S/C19H16N4OS/c24-18(17-11-15-12-20-21-19(15)25-17)22-23(16-9-5-2-6-10-16)13-14-7-3-1-4-8-14/h1-12H,13H2,(H,20,21)(H,22,24). The molecule has 6 heteroatoms. The third kappa shape index (κ3) is 3.39. The van der Waals surface area contributed by atoms with E-state index in [2.05, 4.69) is 15.6 Å². The summed E-state index contributed by atoms with van der Waals surface area (Å²) in [4.78, 5) is 14.3. The van der Waals surface area contributed by atoms with Crippen molar-refractivity contribution in [3.63, 3.8) is 0 Å². The molecule has 2 N–H and O–H groups in total. The quantitative estimate of drug-likeness (QED) is 0.536. The van der Waals surface area contributed by atoms with E-state index in [1.807, 2.05) is 71.7 Å². The summed E-state index contributed by atoms with van der Waals surface area (Å²) < 4.78 is 0. The van der Waals surface area contributed by atoms with Crippen molar-refractivity contribution in [3.8, 4) is 0 Å². The van der Waals surface area contributed by atoms with Crippen LogP contribution in [0, 0.1) is 0 Å². The van der Waals surface area contributed by atoms with Crippen LogP contribution >= 0.6 is 11.3 Å². The number of aromatic nitrogens is 2. The van der Waals surface area contributed by atoms with Crippen LogP contribution in [-0.2, 0) is 6.54 Å². The van der Waals surface area contributed by atoms with Gasteiger partial charge in [-0.15, -0.1) is 11.3 Å². The highest BCUT2D eigenvalue weighted by Gasteiger charge is 2.15. The Balaban J connectivity index is 1.59. The molecule has 4 rings (SSSR count). The molecule has 124 valence electrons. The first kappa shape index (κ1) is 15.4. The summed E-state index contributed by atoms with van der Waals surface area (Å²) in [5, 5.41) is 9.68. The van der Waals surface area contributed by atoms with Crippen molar-refractivity contribution in [3.05, 3.63) is 83.4 Å². The summed E-state index contributed by atoms with van der Waals surface area (Å²) in [6.45, 7) is 0.585. The second-order valence-corrected chi connectivity index (χ2v) is 6.67. The van der Waals surface area contributed by atoms with Crippen LogP contribution in [0.4, 0.5) is 5.69 Å². The van der Waals surface area contributed by atoms with Crippen molar-refractivity contribution in [1.82, 2.24) is 15.6 Å². The van der Waals surface area contributed by atoms with Crippen molar-refractivity contribution in [2.75, 3.05) is 5.01 Å². The predicted molar refractivity (Wildman–Crippen MR) is 101 cm³/mol. The van der Waals surface area contributed by atoms with E-state index in [1.54, 1.807) is 6.20 Å². The maximum absolute atomic E-state index is 12.7. The van der Waals surface area contributed by atoms with Gasteiger partial charge in [0.05, 0.1) is 23.3 Å². The lowest BCUT2D eigenvalue weighted by atomic mass is 10.2. The van der Waals surface area contributed by atoms with Crippen molar-refractivity contribution in [1.29, 1.82) is 0 Å². The van der Waals surface area contributed by atoms with Crippen molar-refractivity contribution >= 4 is 33.1 Å². The second kappa shape index (κ2) is 6.78. The monoisotopic (exact) mass is 348 g/mol. The largest absolute Gasteiger partial charge is 0.281 e. The Bertz CT molecular complexity index is 950. The molecule has 0 bridgehead atoms. The number of amides is 1. The van der Waals surface area contributed by atoms with Crippen molar-refractivity contribution < 1.29 is 4.79 Å². The fourth-order valence-electron chi connectivity index (χ4n) is 2.61. The highest BCUT2D eigenvalue weighted by Crippen LogP contribution is 2.23. The Kier molecular flexibility index (Phi) is 4.18. The topological polar surface area (TPSA) is 61.0 Å². The number of hydrogen-bond donors (Lipinski definition) is 2. The van der Waals surface area contributed by atoms with Gasteiger partial charge >= 0.3 is 0 Å². The molecular formula is C19H16N4OS. The molecule has 4 aromatic rings. The molecule has 0 unspecified atom stereocenters. The van der Waals surface area contributed by atoms with Crippen molar-refractivity contribution in [2.24, 2.45) is 0 Å². The molecule has 0 saturated carbocycles. The number of hydrogen-bond acceptors (Lipinski definition) is 4. The van der Waals surface area contributed by atoms with Crippen LogP contribution < -0.4 is 10.4 Å². The molecule has 25 heavy (non-hydrogen) atoms. The summed E-state index contributed by atoms with van der Waals surface area (Å²) in [6, 6.07) is 21.7. The zero-order chi connectivity index (χ0) is 17.1. The van der Waals surface area contributed by atoms with E-state index in [9.17, 15) is 4.79 Å². The Morgan fingerprint density at radius 1 is 1.08 bits per heavy atom. The molecule has 0 aliphatic carbocycles. The third-order valence-electron chi connectivity index (χ3n) is 3.84. The number of anilines is 1. The molecule has 0 saturated heterocycles. The Labute approximate surface area is 148 Å². The van der Waals surface area contributed by atoms with Crippen LogP contribution in [0.5, 0.6) is 0 Å². The molecule has 0 spiro atoms. The molecular weight excluding hydrogens is 332 g/mol. The lowest BCUT2D eigenvalue weighted by Crippen LogP contribution is -2.41. The molecule has 0 fully saturated rings. The van der Waals surface area contributed by atoms with Crippen LogP contribution in [0.2, 0.25) is 0 Å². The fraction of sp³-hybridized carbons (Fsp3) is 0.0526. The Morgan fingerprint density at radius 3 is 2.52 bits per heavy atom. The summed E-state index contributed by atoms with van der Waals surface area (Å²) in [7, 11) is 0. The number of nitrogens with one attached hydrogen (secondary N) is 2. The number of carbonyl (C=O) groups excluding carboxylic acids is 1. The number of aromatic amines is 1. The van der Waals surface area contributed by atoms with E-state index in [0.717, 1.165) is 21.5 Å². The van der Waals surface area contributed by atoms with Gasteiger partial charge in [-0.25, -0.2) is 0 Å². The molecule has 1 amide bonds. The Hall–Kier alpha value is -3.12. The van der Waals surface area contributed by atoms with Gasteiger partial charge in [0.15, 0.2) is 0 Å². The molecule has 0 aliphatic heterocycles. The number of thiophene rings is 1. The second-order valence-electron chi connectivity index (χ2n) is 5.61. The SMILES string of the molecule is O=C(NN(Cc1ccccc1)c1ccccc1)c1cc2cn[nH]c2s1. The molecule has 0 atom stereocenters. The van der Waals surface area contributed by atoms with E-state index in [0.29, 0.717) is 11.4 Å². The van der Waals surface area contributed by atoms with Crippen LogP contribution in [0.25, 0.3) is 10.2 Å². The maximum atomic E-state index is 12.7. The minimum Gasteiger partial charge on any atom is -0.281 e. The van der Waals surface area contributed by atoms with Crippen LogP contribution in [0.15, 0.2) is 72.9 Å². The van der Waals surface area contributed by atoms with E-state index in [4.69, 9.17) is 0 Å². The number of nitrogens with zero attached hydrogens (tertiary/aromatic N) is 2. The normalized spacial score (nSPS) is 10.7. The van der Waals surface area contributed by atoms with Gasteiger partial charge in [0.25, 0.3) is 5.91 Å². The highest BCUT2D eigenvalue weighted by molar-refractivity contribution is 7.20. The number of hydrazine groups is 1. The average Bonchev–Trinajstić information content (AvgIpc) is 3.25. The van der Waals surface area contributed by atoms with Gasteiger partial charge < -0.3 is 0 Å². The zero-order valence-electron chi connectivity index (χ0n) is 13.3. The highest BCUT2D eigenvalue weighted by atomic mass is 32.1. The first-order valence-corrected chi connectivity index (χ1v) is 8.72. The third-order valence-corrected chi connectivity index (χ3v) is 4.90. The number of H-pyrrole nitrogens is 1. The molecule has 5 nitrogen and oxygen atoms in total. The van der Waals surface area contributed by atoms with E-state index >= 15 is 0 Å². The fourth-order valence-corrected chi connectivity index (χ4v) is 3.48. The minimum atomic E-state index is -0.130. The molecule has 2 aromatic carbocycles. The predicted octanol–water partition coefficient (Wildman–Crippen LogP) is 3.98. The Morgan fingerprint density at radius 2 is 1.80 bits per heavy atom. The smallest absolute Gasteiger partial charge is 0.279 e. The van der Waals surface area contributed by atoms with E-state index in [1.165, 1.54) is 11.3 Å². The van der Waals surface area contributed by atoms with E-state index in [-0.39, 0.29) is 5.91 Å². The molecule has 2 heterocycles. The summed E-state index contributed by atoms with van der Waals surface area (Å²) in [5.41, 5.74) is 5.07. The van der Waals surface area contributed by atoms with Gasteiger partial charge in [-0.3, -0.25) is 20.3 Å². The number of carbonyl (C=O) groups is 1. The lowest BCUT2D eigenvalue weighted by Gasteiger charge is -2.25. The van der Waals surface area contributed by atoms with Crippen LogP contribution in [-0.4, -0.2) is 16.1 Å². The number of benzene rings is 2. The van der Waals surface area contributed by atoms with Gasteiger partial charge in [-0.05, 0) is 23.8 Å². The number of rotatable bonds is 5. The van der Waals surface area contributed by atoms with E-state index < -0.39 is 0 Å². The maximum Gasteiger partial charge on any atom is 0.279 e. The number of para-hydroxylation sites is 1. The van der Waals surface area contributed by atoms with Gasteiger partial charge in [0.1, 0.15) is 4.83 Å². The van der Waals surface area contributed by atoms with Gasteiger partial charge in [-0.2, -0.15) is 5.10 Å². The number of fused-ring (bicyclic) bond motifs is 1. The zero-order valence-corrected chi connectivity index (χ0v) is 14.2. The first-order valence-electron chi connectivity index (χ1n) is 7.90. The van der Waals surface area contributed by atoms with Crippen LogP contribution in [0.3, 0.4) is 0 Å². The average molecular weight is 348 g/mol. The van der Waals surface area contributed by atoms with Crippen LogP contribution in [0.1, 0.15) is 15.2 Å². The first-order chi connectivity index (χ1) is 12.3. The summed E-state index contributed by atoms with van der Waals surface area (Å²) in [5.74, 6) is -0.130. The van der Waals surface area contributed by atoms with Gasteiger partial charge in [0, 0.05) is 5.39 Å². The van der Waals surface area contributed by atoms with Gasteiger partial charge in [-0.1, -0.05) is 48.5 Å². The lowest BCUT2D eigenvalue weighted by molar-refractivity contribution is 0.0952. The van der Waals surface area contributed by atoms with Gasteiger partial charge in [0.2, 0.25) is 0 Å². The molecule has 0 radical (unpaired) electrons. The molecule has 2 aromatic heterocycles. The minimum absolute atomic E-state index is 0.130. The summed E-state index contributed by atoms with van der Waals surface area (Å²) in [6.07, 6.45) is 1.72. The molecule has 0 aliphatic rings. The van der Waals surface area contributed by atoms with Crippen molar-refractivity contribution in [2.45, 2.75) is 6.54 Å².